The lowest BCUT2D eigenvalue weighted by Gasteiger charge is -2.15. The number of imide groups is 1. The van der Waals surface area contributed by atoms with E-state index in [2.05, 4.69) is 12.2 Å². The number of hydrogen-bond donors (Lipinski definition) is 1. The van der Waals surface area contributed by atoms with Gasteiger partial charge in [-0.25, -0.2) is 0 Å². The molecular weight excluding hydrogens is 256 g/mol. The zero-order valence-corrected chi connectivity index (χ0v) is 11.7. The number of nitrogens with one attached hydrogen (secondary N) is 1. The normalized spacial score (nSPS) is 14.8. The molecule has 2 amide bonds. The molecule has 2 rings (SSSR count). The number of carbonyl (C=O) groups excluding carboxylic acids is 2. The summed E-state index contributed by atoms with van der Waals surface area (Å²) in [5.41, 5.74) is 0.861. The number of unbranched alkanes of at least 4 members (excludes halogenated alkanes) is 1. The minimum Gasteiger partial charge on any atom is -0.494 e. The first kappa shape index (κ1) is 14.4. The van der Waals surface area contributed by atoms with Gasteiger partial charge in [-0.05, 0) is 30.7 Å². The van der Waals surface area contributed by atoms with Crippen LogP contribution in [0.25, 0.3) is 0 Å². The molecule has 1 fully saturated rings. The highest BCUT2D eigenvalue weighted by molar-refractivity contribution is 6.02. The Labute approximate surface area is 118 Å². The Morgan fingerprint density at radius 2 is 1.80 bits per heavy atom. The van der Waals surface area contributed by atoms with Gasteiger partial charge < -0.3 is 10.1 Å². The van der Waals surface area contributed by atoms with Gasteiger partial charge >= 0.3 is 0 Å². The molecule has 0 aromatic heterocycles. The fourth-order valence-corrected chi connectivity index (χ4v) is 1.97. The lowest BCUT2D eigenvalue weighted by atomic mass is 10.3. The average Bonchev–Trinajstić information content (AvgIpc) is 2.78. The molecule has 0 spiro atoms. The van der Waals surface area contributed by atoms with Crippen molar-refractivity contribution in [2.45, 2.75) is 32.6 Å². The second-order valence-electron chi connectivity index (χ2n) is 4.78. The van der Waals surface area contributed by atoms with Gasteiger partial charge in [0.05, 0.1) is 13.3 Å². The van der Waals surface area contributed by atoms with Crippen molar-refractivity contribution < 1.29 is 14.3 Å². The molecule has 1 aliphatic heterocycles. The third-order valence-electron chi connectivity index (χ3n) is 3.22. The standard InChI is InChI=1S/C15H20N2O3/c1-2-3-10-20-13-6-4-12(5-7-13)16-11-17-14(18)8-9-15(17)19/h4-7,16H,2-3,8-11H2,1H3. The molecule has 1 aromatic rings. The van der Waals surface area contributed by atoms with Crippen LogP contribution in [0.2, 0.25) is 0 Å². The van der Waals surface area contributed by atoms with Gasteiger partial charge in [-0.2, -0.15) is 0 Å². The highest BCUT2D eigenvalue weighted by atomic mass is 16.5. The topological polar surface area (TPSA) is 58.6 Å². The van der Waals surface area contributed by atoms with Crippen LogP contribution in [0.3, 0.4) is 0 Å². The summed E-state index contributed by atoms with van der Waals surface area (Å²) in [5, 5.41) is 3.07. The van der Waals surface area contributed by atoms with E-state index in [4.69, 9.17) is 4.74 Å². The van der Waals surface area contributed by atoms with Gasteiger partial charge in [-0.15, -0.1) is 0 Å². The van der Waals surface area contributed by atoms with E-state index in [9.17, 15) is 9.59 Å². The molecule has 1 N–H and O–H groups in total. The Morgan fingerprint density at radius 3 is 2.40 bits per heavy atom. The summed E-state index contributed by atoms with van der Waals surface area (Å²) in [6.07, 6.45) is 2.80. The summed E-state index contributed by atoms with van der Waals surface area (Å²) in [6, 6.07) is 7.52. The minimum absolute atomic E-state index is 0.109. The second-order valence-corrected chi connectivity index (χ2v) is 4.78. The highest BCUT2D eigenvalue weighted by Gasteiger charge is 2.28. The maximum Gasteiger partial charge on any atom is 0.231 e. The van der Waals surface area contributed by atoms with Crippen molar-refractivity contribution in [1.29, 1.82) is 0 Å². The van der Waals surface area contributed by atoms with Gasteiger partial charge in [-0.3, -0.25) is 14.5 Å². The van der Waals surface area contributed by atoms with E-state index in [0.717, 1.165) is 30.9 Å². The lowest BCUT2D eigenvalue weighted by molar-refractivity contribution is -0.137. The Kier molecular flexibility index (Phi) is 4.98. The van der Waals surface area contributed by atoms with Crippen molar-refractivity contribution in [1.82, 2.24) is 4.90 Å². The lowest BCUT2D eigenvalue weighted by Crippen LogP contribution is -2.33. The quantitative estimate of drug-likeness (QED) is 0.613. The van der Waals surface area contributed by atoms with Crippen molar-refractivity contribution >= 4 is 17.5 Å². The minimum atomic E-state index is -0.109. The zero-order valence-electron chi connectivity index (χ0n) is 11.7. The molecule has 1 saturated heterocycles. The molecule has 0 unspecified atom stereocenters. The van der Waals surface area contributed by atoms with Crippen LogP contribution >= 0.6 is 0 Å². The number of benzene rings is 1. The Bertz CT molecular complexity index is 455. The predicted octanol–water partition coefficient (Wildman–Crippen LogP) is 2.38. The van der Waals surface area contributed by atoms with Crippen LogP contribution in [-0.2, 0) is 9.59 Å². The molecule has 5 heteroatoms. The van der Waals surface area contributed by atoms with Crippen LogP contribution in [0.5, 0.6) is 5.75 Å². The molecular formula is C15H20N2O3. The van der Waals surface area contributed by atoms with Crippen LogP contribution in [-0.4, -0.2) is 30.0 Å². The van der Waals surface area contributed by atoms with E-state index in [1.165, 1.54) is 4.90 Å². The SMILES string of the molecule is CCCCOc1ccc(NCN2C(=O)CCC2=O)cc1. The summed E-state index contributed by atoms with van der Waals surface area (Å²) in [6.45, 7) is 3.07. The maximum absolute atomic E-state index is 11.5. The molecule has 1 heterocycles. The number of ether oxygens (including phenoxy) is 1. The summed E-state index contributed by atoms with van der Waals surface area (Å²) in [5.74, 6) is 0.612. The van der Waals surface area contributed by atoms with Gasteiger partial charge in [0.15, 0.2) is 0 Å². The summed E-state index contributed by atoms with van der Waals surface area (Å²) in [7, 11) is 0. The Morgan fingerprint density at radius 1 is 1.15 bits per heavy atom. The number of amides is 2. The largest absolute Gasteiger partial charge is 0.494 e. The van der Waals surface area contributed by atoms with Gasteiger partial charge in [-0.1, -0.05) is 13.3 Å². The number of nitrogens with zero attached hydrogens (tertiary/aromatic N) is 1. The van der Waals surface area contributed by atoms with Crippen LogP contribution < -0.4 is 10.1 Å². The van der Waals surface area contributed by atoms with Crippen molar-refractivity contribution in [3.05, 3.63) is 24.3 Å². The fraction of sp³-hybridized carbons (Fsp3) is 0.467. The van der Waals surface area contributed by atoms with E-state index < -0.39 is 0 Å². The van der Waals surface area contributed by atoms with Crippen LogP contribution in [0.1, 0.15) is 32.6 Å². The van der Waals surface area contributed by atoms with E-state index in [1.54, 1.807) is 0 Å². The molecule has 5 nitrogen and oxygen atoms in total. The molecule has 20 heavy (non-hydrogen) atoms. The van der Waals surface area contributed by atoms with Crippen molar-refractivity contribution in [3.8, 4) is 5.75 Å². The van der Waals surface area contributed by atoms with E-state index >= 15 is 0 Å². The average molecular weight is 276 g/mol. The van der Waals surface area contributed by atoms with Crippen molar-refractivity contribution in [2.24, 2.45) is 0 Å². The summed E-state index contributed by atoms with van der Waals surface area (Å²) >= 11 is 0. The third-order valence-corrected chi connectivity index (χ3v) is 3.22. The number of anilines is 1. The van der Waals surface area contributed by atoms with E-state index in [-0.39, 0.29) is 18.5 Å². The van der Waals surface area contributed by atoms with Gasteiger partial charge in [0.1, 0.15) is 5.75 Å². The maximum atomic E-state index is 11.5. The first-order valence-electron chi connectivity index (χ1n) is 7.00. The van der Waals surface area contributed by atoms with Crippen LogP contribution in [0.15, 0.2) is 24.3 Å². The molecule has 0 aliphatic carbocycles. The Balaban J connectivity index is 1.81. The van der Waals surface area contributed by atoms with Gasteiger partial charge in [0.2, 0.25) is 11.8 Å². The molecule has 0 saturated carbocycles. The fourth-order valence-electron chi connectivity index (χ4n) is 1.97. The number of likely N-dealkylation sites (tertiary alicyclic amines) is 1. The molecule has 0 radical (unpaired) electrons. The van der Waals surface area contributed by atoms with Crippen molar-refractivity contribution in [3.63, 3.8) is 0 Å². The van der Waals surface area contributed by atoms with Gasteiger partial charge in [0, 0.05) is 18.5 Å². The van der Waals surface area contributed by atoms with Crippen LogP contribution in [0.4, 0.5) is 5.69 Å². The summed E-state index contributed by atoms with van der Waals surface area (Å²) < 4.78 is 5.57. The zero-order chi connectivity index (χ0) is 14.4. The molecule has 0 atom stereocenters. The monoisotopic (exact) mass is 276 g/mol. The summed E-state index contributed by atoms with van der Waals surface area (Å²) in [4.78, 5) is 24.2. The number of carbonyl (C=O) groups is 2. The first-order valence-corrected chi connectivity index (χ1v) is 7.00. The van der Waals surface area contributed by atoms with Crippen molar-refractivity contribution in [2.75, 3.05) is 18.6 Å². The van der Waals surface area contributed by atoms with E-state index in [0.29, 0.717) is 12.8 Å². The molecule has 0 bridgehead atoms. The third kappa shape index (κ3) is 3.73. The molecule has 1 aromatic carbocycles. The molecule has 108 valence electrons. The first-order chi connectivity index (χ1) is 9.70. The van der Waals surface area contributed by atoms with Gasteiger partial charge in [0.25, 0.3) is 0 Å². The smallest absolute Gasteiger partial charge is 0.231 e. The predicted molar refractivity (Wildman–Crippen MR) is 76.4 cm³/mol. The Hall–Kier alpha value is -2.04. The van der Waals surface area contributed by atoms with E-state index in [1.807, 2.05) is 24.3 Å². The second kappa shape index (κ2) is 6.93. The number of rotatable bonds is 7. The highest BCUT2D eigenvalue weighted by Crippen LogP contribution is 2.17. The molecule has 1 aliphatic rings. The number of hydrogen-bond acceptors (Lipinski definition) is 4. The van der Waals surface area contributed by atoms with Crippen LogP contribution in [0, 0.1) is 0 Å².